The predicted octanol–water partition coefficient (Wildman–Crippen LogP) is 3.92. The van der Waals surface area contributed by atoms with Crippen LogP contribution in [0.15, 0.2) is 24.3 Å². The maximum Gasteiger partial charge on any atom is 0.242 e. The number of benzene rings is 1. The van der Waals surface area contributed by atoms with E-state index in [0.29, 0.717) is 5.92 Å². The number of rotatable bonds is 8. The van der Waals surface area contributed by atoms with Gasteiger partial charge in [-0.3, -0.25) is 4.79 Å². The molecule has 1 rings (SSSR count). The molecule has 1 atom stereocenters. The van der Waals surface area contributed by atoms with Crippen molar-refractivity contribution in [2.24, 2.45) is 0 Å². The van der Waals surface area contributed by atoms with E-state index in [1.165, 1.54) is 12.0 Å². The molecule has 0 radical (unpaired) electrons. The summed E-state index contributed by atoms with van der Waals surface area (Å²) in [7, 11) is 0. The SMILES string of the molecule is CCCCCNC(=O)C(C)Nc1ccccc1C(C)C. The first-order valence-corrected chi connectivity index (χ1v) is 7.69. The molecule has 1 aromatic carbocycles. The predicted molar refractivity (Wildman–Crippen MR) is 86.2 cm³/mol. The summed E-state index contributed by atoms with van der Waals surface area (Å²) in [5.41, 5.74) is 2.30. The Balaban J connectivity index is 2.53. The Hall–Kier alpha value is -1.51. The van der Waals surface area contributed by atoms with Gasteiger partial charge in [0.1, 0.15) is 6.04 Å². The second-order valence-electron chi connectivity index (χ2n) is 5.61. The lowest BCUT2D eigenvalue weighted by molar-refractivity contribution is -0.121. The van der Waals surface area contributed by atoms with Crippen LogP contribution in [0.25, 0.3) is 0 Å². The summed E-state index contributed by atoms with van der Waals surface area (Å²) in [4.78, 5) is 12.0. The summed E-state index contributed by atoms with van der Waals surface area (Å²) in [5.74, 6) is 0.512. The number of carbonyl (C=O) groups excluding carboxylic acids is 1. The van der Waals surface area contributed by atoms with Crippen LogP contribution in [0, 0.1) is 0 Å². The summed E-state index contributed by atoms with van der Waals surface area (Å²) in [6, 6.07) is 7.97. The molecule has 0 saturated carbocycles. The average Bonchev–Trinajstić information content (AvgIpc) is 2.43. The minimum atomic E-state index is -0.212. The van der Waals surface area contributed by atoms with Crippen LogP contribution >= 0.6 is 0 Å². The molecule has 0 aliphatic rings. The van der Waals surface area contributed by atoms with Gasteiger partial charge in [-0.05, 0) is 30.9 Å². The van der Waals surface area contributed by atoms with E-state index in [4.69, 9.17) is 0 Å². The van der Waals surface area contributed by atoms with Crippen molar-refractivity contribution in [3.63, 3.8) is 0 Å². The van der Waals surface area contributed by atoms with E-state index in [9.17, 15) is 4.79 Å². The fourth-order valence-electron chi connectivity index (χ4n) is 2.17. The lowest BCUT2D eigenvalue weighted by atomic mass is 10.0. The Morgan fingerprint density at radius 3 is 2.50 bits per heavy atom. The molecule has 0 saturated heterocycles. The van der Waals surface area contributed by atoms with Gasteiger partial charge in [0.15, 0.2) is 0 Å². The van der Waals surface area contributed by atoms with Crippen molar-refractivity contribution < 1.29 is 4.79 Å². The number of unbranched alkanes of at least 4 members (excludes halogenated alkanes) is 2. The van der Waals surface area contributed by atoms with Gasteiger partial charge in [-0.1, -0.05) is 51.8 Å². The van der Waals surface area contributed by atoms with Crippen molar-refractivity contribution in [2.45, 2.75) is 58.9 Å². The maximum atomic E-state index is 12.0. The van der Waals surface area contributed by atoms with E-state index in [0.717, 1.165) is 25.1 Å². The highest BCUT2D eigenvalue weighted by molar-refractivity contribution is 5.84. The van der Waals surface area contributed by atoms with Crippen LogP contribution in [0.5, 0.6) is 0 Å². The molecule has 1 unspecified atom stereocenters. The minimum Gasteiger partial charge on any atom is -0.374 e. The molecule has 0 bridgehead atoms. The van der Waals surface area contributed by atoms with E-state index in [1.807, 2.05) is 25.1 Å². The monoisotopic (exact) mass is 276 g/mol. The fraction of sp³-hybridized carbons (Fsp3) is 0.588. The van der Waals surface area contributed by atoms with Gasteiger partial charge in [-0.15, -0.1) is 0 Å². The molecule has 20 heavy (non-hydrogen) atoms. The largest absolute Gasteiger partial charge is 0.374 e. The number of para-hydroxylation sites is 1. The highest BCUT2D eigenvalue weighted by Gasteiger charge is 2.14. The Bertz CT molecular complexity index is 415. The molecule has 1 aromatic rings. The number of anilines is 1. The molecule has 0 aromatic heterocycles. The van der Waals surface area contributed by atoms with Crippen molar-refractivity contribution in [3.05, 3.63) is 29.8 Å². The zero-order valence-corrected chi connectivity index (χ0v) is 13.2. The van der Waals surface area contributed by atoms with Gasteiger partial charge >= 0.3 is 0 Å². The molecule has 0 aliphatic carbocycles. The van der Waals surface area contributed by atoms with E-state index in [2.05, 4.69) is 37.5 Å². The van der Waals surface area contributed by atoms with Gasteiger partial charge in [-0.2, -0.15) is 0 Å². The highest BCUT2D eigenvalue weighted by Crippen LogP contribution is 2.24. The minimum absolute atomic E-state index is 0.0691. The lowest BCUT2D eigenvalue weighted by Crippen LogP contribution is -2.38. The molecule has 0 spiro atoms. The van der Waals surface area contributed by atoms with E-state index >= 15 is 0 Å². The second kappa shape index (κ2) is 8.62. The molecule has 3 heteroatoms. The van der Waals surface area contributed by atoms with Gasteiger partial charge in [0.05, 0.1) is 0 Å². The van der Waals surface area contributed by atoms with Crippen LogP contribution < -0.4 is 10.6 Å². The van der Waals surface area contributed by atoms with Crippen LogP contribution in [0.3, 0.4) is 0 Å². The average molecular weight is 276 g/mol. The molecular formula is C17H28N2O. The topological polar surface area (TPSA) is 41.1 Å². The summed E-state index contributed by atoms with van der Waals surface area (Å²) in [5, 5.41) is 6.31. The summed E-state index contributed by atoms with van der Waals surface area (Å²) < 4.78 is 0. The third kappa shape index (κ3) is 5.24. The van der Waals surface area contributed by atoms with Crippen molar-refractivity contribution in [3.8, 4) is 0 Å². The van der Waals surface area contributed by atoms with Gasteiger partial charge in [-0.25, -0.2) is 0 Å². The van der Waals surface area contributed by atoms with Crippen LogP contribution in [-0.2, 0) is 4.79 Å². The summed E-state index contributed by atoms with van der Waals surface area (Å²) in [6.07, 6.45) is 3.39. The van der Waals surface area contributed by atoms with Crippen LogP contribution in [0.4, 0.5) is 5.69 Å². The van der Waals surface area contributed by atoms with Gasteiger partial charge in [0.25, 0.3) is 0 Å². The van der Waals surface area contributed by atoms with Crippen molar-refractivity contribution in [1.82, 2.24) is 5.32 Å². The van der Waals surface area contributed by atoms with Gasteiger partial charge < -0.3 is 10.6 Å². The molecule has 3 nitrogen and oxygen atoms in total. The Kier molecular flexibility index (Phi) is 7.13. The zero-order chi connectivity index (χ0) is 15.0. The van der Waals surface area contributed by atoms with Crippen LogP contribution in [0.2, 0.25) is 0 Å². The normalized spacial score (nSPS) is 12.2. The first-order chi connectivity index (χ1) is 9.56. The quantitative estimate of drug-likeness (QED) is 0.707. The molecule has 0 heterocycles. The maximum absolute atomic E-state index is 12.0. The van der Waals surface area contributed by atoms with Crippen molar-refractivity contribution in [2.75, 3.05) is 11.9 Å². The van der Waals surface area contributed by atoms with E-state index in [1.54, 1.807) is 0 Å². The van der Waals surface area contributed by atoms with Crippen LogP contribution in [-0.4, -0.2) is 18.5 Å². The van der Waals surface area contributed by atoms with Crippen LogP contribution in [0.1, 0.15) is 58.4 Å². The second-order valence-corrected chi connectivity index (χ2v) is 5.61. The third-order valence-corrected chi connectivity index (χ3v) is 3.43. The third-order valence-electron chi connectivity index (χ3n) is 3.43. The molecule has 1 amide bonds. The van der Waals surface area contributed by atoms with E-state index < -0.39 is 0 Å². The molecule has 112 valence electrons. The number of carbonyl (C=O) groups is 1. The van der Waals surface area contributed by atoms with Gasteiger partial charge in [0, 0.05) is 12.2 Å². The highest BCUT2D eigenvalue weighted by atomic mass is 16.2. The Labute approximate surface area is 123 Å². The number of hydrogen-bond donors (Lipinski definition) is 2. The van der Waals surface area contributed by atoms with Crippen molar-refractivity contribution in [1.29, 1.82) is 0 Å². The zero-order valence-electron chi connectivity index (χ0n) is 13.2. The molecular weight excluding hydrogens is 248 g/mol. The molecule has 0 fully saturated rings. The number of hydrogen-bond acceptors (Lipinski definition) is 2. The van der Waals surface area contributed by atoms with Gasteiger partial charge in [0.2, 0.25) is 5.91 Å². The molecule has 2 N–H and O–H groups in total. The fourth-order valence-corrected chi connectivity index (χ4v) is 2.17. The Morgan fingerprint density at radius 1 is 1.15 bits per heavy atom. The smallest absolute Gasteiger partial charge is 0.242 e. The first-order valence-electron chi connectivity index (χ1n) is 7.69. The lowest BCUT2D eigenvalue weighted by Gasteiger charge is -2.19. The first kappa shape index (κ1) is 16.5. The summed E-state index contributed by atoms with van der Waals surface area (Å²) >= 11 is 0. The number of amides is 1. The molecule has 0 aliphatic heterocycles. The number of nitrogens with one attached hydrogen (secondary N) is 2. The summed E-state index contributed by atoms with van der Waals surface area (Å²) in [6.45, 7) is 9.16. The standard InChI is InChI=1S/C17H28N2O/c1-5-6-9-12-18-17(20)14(4)19-16-11-8-7-10-15(16)13(2)3/h7-8,10-11,13-14,19H,5-6,9,12H2,1-4H3,(H,18,20). The van der Waals surface area contributed by atoms with E-state index in [-0.39, 0.29) is 11.9 Å². The van der Waals surface area contributed by atoms with Crippen molar-refractivity contribution >= 4 is 11.6 Å². The Morgan fingerprint density at radius 2 is 1.85 bits per heavy atom.